The van der Waals surface area contributed by atoms with Gasteiger partial charge in [-0.3, -0.25) is 4.79 Å². The second kappa shape index (κ2) is 9.12. The molecule has 1 aromatic heterocycles. The Morgan fingerprint density at radius 1 is 1.17 bits per heavy atom. The Labute approximate surface area is 215 Å². The summed E-state index contributed by atoms with van der Waals surface area (Å²) in [5.74, 6) is 0.229. The first kappa shape index (κ1) is 25.7. The van der Waals surface area contributed by atoms with Gasteiger partial charge in [0.25, 0.3) is 0 Å². The van der Waals surface area contributed by atoms with Gasteiger partial charge in [0.1, 0.15) is 11.9 Å². The number of furan rings is 1. The predicted molar refractivity (Wildman–Crippen MR) is 140 cm³/mol. The number of aryl methyl sites for hydroxylation is 1. The normalized spacial score (nSPS) is 22.4. The Hall–Kier alpha value is -1.93. The summed E-state index contributed by atoms with van der Waals surface area (Å²) in [6, 6.07) is 4.44. The highest BCUT2D eigenvalue weighted by Crippen LogP contribution is 2.54. The van der Waals surface area contributed by atoms with E-state index in [4.69, 9.17) is 23.1 Å². The Bertz CT molecular complexity index is 1150. The van der Waals surface area contributed by atoms with Crippen molar-refractivity contribution in [3.05, 3.63) is 57.5 Å². The molecule has 0 bridgehead atoms. The van der Waals surface area contributed by atoms with Crippen molar-refractivity contribution in [3.8, 4) is 0 Å². The van der Waals surface area contributed by atoms with E-state index in [1.54, 1.807) is 0 Å². The summed E-state index contributed by atoms with van der Waals surface area (Å²) in [5, 5.41) is 0.0482. The SMILES string of the molecule is CCOC(=O)CCc1coc2c1C(C)c1ccc3c(c1C2O[Si](C)(C)C(C)(C)C)CCC31OCCO1. The molecule has 1 aromatic carbocycles. The first-order valence-corrected chi connectivity index (χ1v) is 16.3. The molecule has 0 N–H and O–H groups in total. The van der Waals surface area contributed by atoms with Crippen molar-refractivity contribution in [1.82, 2.24) is 0 Å². The van der Waals surface area contributed by atoms with Crippen molar-refractivity contribution in [2.75, 3.05) is 19.8 Å². The predicted octanol–water partition coefficient (Wildman–Crippen LogP) is 6.50. The molecule has 0 amide bonds. The van der Waals surface area contributed by atoms with Crippen LogP contribution in [0, 0.1) is 0 Å². The van der Waals surface area contributed by atoms with Crippen molar-refractivity contribution in [1.29, 1.82) is 0 Å². The summed E-state index contributed by atoms with van der Waals surface area (Å²) in [5.41, 5.74) is 7.18. The molecule has 0 saturated carbocycles. The number of fused-ring (bicyclic) bond motifs is 5. The zero-order chi connectivity index (χ0) is 25.9. The van der Waals surface area contributed by atoms with Crippen LogP contribution in [0.25, 0.3) is 0 Å². The smallest absolute Gasteiger partial charge is 0.306 e. The largest absolute Gasteiger partial charge is 0.466 e. The van der Waals surface area contributed by atoms with Crippen molar-refractivity contribution < 1.29 is 27.8 Å². The van der Waals surface area contributed by atoms with Crippen LogP contribution in [0.3, 0.4) is 0 Å². The highest BCUT2D eigenvalue weighted by Gasteiger charge is 2.50. The maximum Gasteiger partial charge on any atom is 0.306 e. The number of rotatable bonds is 6. The minimum Gasteiger partial charge on any atom is -0.466 e. The van der Waals surface area contributed by atoms with E-state index in [1.165, 1.54) is 16.7 Å². The van der Waals surface area contributed by atoms with Gasteiger partial charge in [0.2, 0.25) is 0 Å². The molecule has 1 aliphatic heterocycles. The van der Waals surface area contributed by atoms with Gasteiger partial charge < -0.3 is 23.1 Å². The fraction of sp³-hybridized carbons (Fsp3) is 0.621. The topological polar surface area (TPSA) is 67.1 Å². The quantitative estimate of drug-likeness (QED) is 0.325. The van der Waals surface area contributed by atoms with Crippen molar-refractivity contribution >= 4 is 14.3 Å². The van der Waals surface area contributed by atoms with Crippen LogP contribution in [-0.2, 0) is 42.1 Å². The Morgan fingerprint density at radius 3 is 2.56 bits per heavy atom. The minimum absolute atomic E-state index is 0.0482. The van der Waals surface area contributed by atoms with Gasteiger partial charge in [-0.1, -0.05) is 39.8 Å². The van der Waals surface area contributed by atoms with Crippen LogP contribution >= 0.6 is 0 Å². The summed E-state index contributed by atoms with van der Waals surface area (Å²) < 4.78 is 31.0. The number of carbonyl (C=O) groups is 1. The van der Waals surface area contributed by atoms with Crippen LogP contribution in [0.4, 0.5) is 0 Å². The number of hydrogen-bond acceptors (Lipinski definition) is 6. The zero-order valence-corrected chi connectivity index (χ0v) is 23.8. The molecule has 2 unspecified atom stereocenters. The average molecular weight is 513 g/mol. The first-order chi connectivity index (χ1) is 17.0. The molecule has 2 atom stereocenters. The molecule has 196 valence electrons. The van der Waals surface area contributed by atoms with Gasteiger partial charge in [0.05, 0.1) is 26.1 Å². The van der Waals surface area contributed by atoms with Crippen LogP contribution in [0.1, 0.15) is 98.6 Å². The van der Waals surface area contributed by atoms with Crippen LogP contribution < -0.4 is 0 Å². The van der Waals surface area contributed by atoms with Crippen LogP contribution in [-0.4, -0.2) is 34.1 Å². The van der Waals surface area contributed by atoms with Gasteiger partial charge >= 0.3 is 5.97 Å². The van der Waals surface area contributed by atoms with Crippen molar-refractivity contribution in [2.45, 2.75) is 96.2 Å². The van der Waals surface area contributed by atoms with Gasteiger partial charge in [0.15, 0.2) is 14.1 Å². The number of carbonyl (C=O) groups excluding carboxylic acids is 1. The highest BCUT2D eigenvalue weighted by molar-refractivity contribution is 6.74. The molecule has 5 rings (SSSR count). The maximum absolute atomic E-state index is 12.1. The zero-order valence-electron chi connectivity index (χ0n) is 22.8. The van der Waals surface area contributed by atoms with Crippen molar-refractivity contribution in [3.63, 3.8) is 0 Å². The molecule has 2 aromatic rings. The molecule has 1 fully saturated rings. The third-order valence-electron chi connectivity index (χ3n) is 8.72. The fourth-order valence-corrected chi connectivity index (χ4v) is 6.99. The summed E-state index contributed by atoms with van der Waals surface area (Å²) in [6.45, 7) is 17.1. The number of benzene rings is 1. The molecule has 6 nitrogen and oxygen atoms in total. The second-order valence-electron chi connectivity index (χ2n) is 11.9. The van der Waals surface area contributed by atoms with E-state index in [2.05, 4.69) is 52.9 Å². The molecule has 1 spiro atoms. The van der Waals surface area contributed by atoms with Gasteiger partial charge in [-0.15, -0.1) is 0 Å². The third-order valence-corrected chi connectivity index (χ3v) is 13.2. The Balaban J connectivity index is 1.61. The van der Waals surface area contributed by atoms with Crippen LogP contribution in [0.2, 0.25) is 18.1 Å². The lowest BCUT2D eigenvalue weighted by Gasteiger charge is -2.42. The van der Waals surface area contributed by atoms with Crippen molar-refractivity contribution in [2.24, 2.45) is 0 Å². The molecule has 0 radical (unpaired) electrons. The van der Waals surface area contributed by atoms with Gasteiger partial charge in [-0.05, 0) is 60.2 Å². The van der Waals surface area contributed by atoms with Gasteiger partial charge in [-0.2, -0.15) is 0 Å². The number of ether oxygens (including phenoxy) is 3. The van der Waals surface area contributed by atoms with Gasteiger partial charge in [-0.25, -0.2) is 0 Å². The summed E-state index contributed by atoms with van der Waals surface area (Å²) in [6.07, 6.45) is 4.22. The van der Waals surface area contributed by atoms with E-state index >= 15 is 0 Å². The van der Waals surface area contributed by atoms with Crippen LogP contribution in [0.5, 0.6) is 0 Å². The van der Waals surface area contributed by atoms with E-state index in [0.29, 0.717) is 32.7 Å². The van der Waals surface area contributed by atoms with E-state index in [1.807, 2.05) is 13.2 Å². The lowest BCUT2D eigenvalue weighted by atomic mass is 9.76. The molecule has 1 saturated heterocycles. The molecule has 2 aliphatic carbocycles. The summed E-state index contributed by atoms with van der Waals surface area (Å²) >= 11 is 0. The minimum atomic E-state index is -2.16. The molecule has 36 heavy (non-hydrogen) atoms. The Morgan fingerprint density at radius 2 is 1.89 bits per heavy atom. The number of esters is 1. The third kappa shape index (κ3) is 4.08. The lowest BCUT2D eigenvalue weighted by molar-refractivity contribution is -0.163. The monoisotopic (exact) mass is 512 g/mol. The fourth-order valence-electron chi connectivity index (χ4n) is 5.82. The number of hydrogen-bond donors (Lipinski definition) is 0. The molecule has 7 heteroatoms. The maximum atomic E-state index is 12.1. The van der Waals surface area contributed by atoms with E-state index in [0.717, 1.165) is 35.3 Å². The summed E-state index contributed by atoms with van der Waals surface area (Å²) in [4.78, 5) is 12.1. The average Bonchev–Trinajstić information content (AvgIpc) is 3.54. The standard InChI is InChI=1S/C29H40O6Si/c1-8-31-23(30)12-9-19-17-32-26-24(19)18(2)20-10-11-22-21(13-14-29(22)33-15-16-34-29)25(20)27(26)35-36(6,7)28(3,4)5/h10-11,17-18,27H,8-9,12-16H2,1-7H3. The molecular formula is C29H40O6Si. The van der Waals surface area contributed by atoms with Crippen LogP contribution in [0.15, 0.2) is 22.8 Å². The van der Waals surface area contributed by atoms with E-state index < -0.39 is 14.1 Å². The molecule has 3 aliphatic rings. The lowest BCUT2D eigenvalue weighted by Crippen LogP contribution is -2.43. The molecular weight excluding hydrogens is 472 g/mol. The molecule has 2 heterocycles. The van der Waals surface area contributed by atoms with E-state index in [9.17, 15) is 4.79 Å². The highest BCUT2D eigenvalue weighted by atomic mass is 28.4. The summed E-state index contributed by atoms with van der Waals surface area (Å²) in [7, 11) is -2.16. The second-order valence-corrected chi connectivity index (χ2v) is 16.6. The van der Waals surface area contributed by atoms with E-state index in [-0.39, 0.29) is 23.0 Å². The first-order valence-electron chi connectivity index (χ1n) is 13.4. The Kier molecular flexibility index (Phi) is 6.51. The van der Waals surface area contributed by atoms with Gasteiger partial charge in [0, 0.05) is 29.9 Å².